The third-order valence-corrected chi connectivity index (χ3v) is 6.00. The molecule has 0 unspecified atom stereocenters. The van der Waals surface area contributed by atoms with Gasteiger partial charge in [-0.25, -0.2) is 0 Å². The van der Waals surface area contributed by atoms with Crippen molar-refractivity contribution in [2.75, 3.05) is 13.1 Å². The van der Waals surface area contributed by atoms with E-state index in [0.717, 1.165) is 29.8 Å². The third-order valence-electron chi connectivity index (χ3n) is 6.00. The Morgan fingerprint density at radius 3 is 2.55 bits per heavy atom. The van der Waals surface area contributed by atoms with E-state index in [-0.39, 0.29) is 17.6 Å². The van der Waals surface area contributed by atoms with Crippen LogP contribution in [-0.2, 0) is 6.54 Å². The molecule has 0 aliphatic carbocycles. The first-order chi connectivity index (χ1) is 13.9. The molecule has 0 saturated carbocycles. The number of hydrogen-bond acceptors (Lipinski definition) is 3. The smallest absolute Gasteiger partial charge is 0.251 e. The topological polar surface area (TPSA) is 41.6 Å². The predicted octanol–water partition coefficient (Wildman–Crippen LogP) is 5.01. The largest absolute Gasteiger partial charge is 0.487 e. The molecule has 2 aliphatic heterocycles. The molecule has 2 aromatic carbocycles. The third kappa shape index (κ3) is 4.81. The van der Waals surface area contributed by atoms with E-state index in [1.165, 1.54) is 37.9 Å². The van der Waals surface area contributed by atoms with Gasteiger partial charge in [0.05, 0.1) is 6.04 Å². The number of amides is 1. The molecule has 0 bridgehead atoms. The van der Waals surface area contributed by atoms with Crippen molar-refractivity contribution in [3.8, 4) is 5.75 Å². The van der Waals surface area contributed by atoms with E-state index >= 15 is 0 Å². The van der Waals surface area contributed by atoms with E-state index < -0.39 is 0 Å². The van der Waals surface area contributed by atoms with Gasteiger partial charge >= 0.3 is 0 Å². The summed E-state index contributed by atoms with van der Waals surface area (Å²) in [4.78, 5) is 15.4. The fourth-order valence-corrected chi connectivity index (χ4v) is 4.47. The molecule has 1 atom stereocenters. The lowest BCUT2D eigenvalue weighted by Gasteiger charge is -2.38. The number of ether oxygens (including phenoxy) is 1. The Balaban J connectivity index is 1.45. The zero-order valence-electron chi connectivity index (χ0n) is 17.8. The van der Waals surface area contributed by atoms with Gasteiger partial charge in [-0.05, 0) is 76.0 Å². The van der Waals surface area contributed by atoms with Crippen molar-refractivity contribution in [1.82, 2.24) is 10.2 Å². The highest BCUT2D eigenvalue weighted by molar-refractivity contribution is 5.94. The number of carbonyl (C=O) groups is 1. The SMILES string of the molecule is Cc1ccc2c(c1)OC(C)(C)C[C@@H]2NC(=O)c1ccc(CN2CCCCC2)cc1. The number of piperidine rings is 1. The van der Waals surface area contributed by atoms with Crippen LogP contribution in [0.15, 0.2) is 42.5 Å². The molecule has 2 heterocycles. The number of nitrogens with one attached hydrogen (secondary N) is 1. The van der Waals surface area contributed by atoms with Crippen LogP contribution < -0.4 is 10.1 Å². The first-order valence-corrected chi connectivity index (χ1v) is 10.8. The number of benzene rings is 2. The van der Waals surface area contributed by atoms with Crippen molar-refractivity contribution in [2.24, 2.45) is 0 Å². The highest BCUT2D eigenvalue weighted by Gasteiger charge is 2.34. The van der Waals surface area contributed by atoms with Crippen LogP contribution >= 0.6 is 0 Å². The summed E-state index contributed by atoms with van der Waals surface area (Å²) in [5.41, 5.74) is 3.90. The molecule has 2 aromatic rings. The Morgan fingerprint density at radius 2 is 1.83 bits per heavy atom. The Hall–Kier alpha value is -2.33. The van der Waals surface area contributed by atoms with Crippen LogP contribution in [0.4, 0.5) is 0 Å². The van der Waals surface area contributed by atoms with Gasteiger partial charge in [-0.3, -0.25) is 9.69 Å². The van der Waals surface area contributed by atoms with E-state index in [0.29, 0.717) is 5.56 Å². The molecule has 2 aliphatic rings. The lowest BCUT2D eigenvalue weighted by atomic mass is 9.89. The minimum absolute atomic E-state index is 0.0243. The molecular formula is C25H32N2O2. The van der Waals surface area contributed by atoms with Gasteiger partial charge in [-0.1, -0.05) is 30.7 Å². The van der Waals surface area contributed by atoms with Crippen LogP contribution in [0.3, 0.4) is 0 Å². The Bertz CT molecular complexity index is 867. The summed E-state index contributed by atoms with van der Waals surface area (Å²) in [5.74, 6) is 0.854. The van der Waals surface area contributed by atoms with E-state index in [4.69, 9.17) is 4.74 Å². The summed E-state index contributed by atoms with van der Waals surface area (Å²) in [6, 6.07) is 14.3. The van der Waals surface area contributed by atoms with Gasteiger partial charge in [0.1, 0.15) is 11.4 Å². The van der Waals surface area contributed by atoms with Crippen LogP contribution in [0.1, 0.15) is 72.6 Å². The lowest BCUT2D eigenvalue weighted by Crippen LogP contribution is -2.41. The molecule has 154 valence electrons. The Labute approximate surface area is 174 Å². The lowest BCUT2D eigenvalue weighted by molar-refractivity contribution is 0.0619. The molecule has 0 spiro atoms. The van der Waals surface area contributed by atoms with Gasteiger partial charge in [-0.15, -0.1) is 0 Å². The minimum Gasteiger partial charge on any atom is -0.487 e. The van der Waals surface area contributed by atoms with Crippen molar-refractivity contribution < 1.29 is 9.53 Å². The monoisotopic (exact) mass is 392 g/mol. The van der Waals surface area contributed by atoms with Gasteiger partial charge in [0.25, 0.3) is 5.91 Å². The van der Waals surface area contributed by atoms with Crippen LogP contribution in [0.5, 0.6) is 5.75 Å². The second kappa shape index (κ2) is 8.19. The summed E-state index contributed by atoms with van der Waals surface area (Å²) >= 11 is 0. The maximum atomic E-state index is 12.9. The Kier molecular flexibility index (Phi) is 5.64. The van der Waals surface area contributed by atoms with Crippen molar-refractivity contribution in [3.63, 3.8) is 0 Å². The summed E-state index contributed by atoms with van der Waals surface area (Å²) in [6.07, 6.45) is 4.69. The molecule has 4 heteroatoms. The quantitative estimate of drug-likeness (QED) is 0.795. The summed E-state index contributed by atoms with van der Waals surface area (Å²) in [5, 5.41) is 3.24. The van der Waals surface area contributed by atoms with Gasteiger partial charge in [-0.2, -0.15) is 0 Å². The maximum absolute atomic E-state index is 12.9. The molecule has 1 N–H and O–H groups in total. The van der Waals surface area contributed by atoms with E-state index in [1.54, 1.807) is 0 Å². The first kappa shape index (κ1) is 20.0. The summed E-state index contributed by atoms with van der Waals surface area (Å²) in [7, 11) is 0. The number of rotatable bonds is 4. The fourth-order valence-electron chi connectivity index (χ4n) is 4.47. The van der Waals surface area contributed by atoms with Crippen molar-refractivity contribution >= 4 is 5.91 Å². The highest BCUT2D eigenvalue weighted by atomic mass is 16.5. The molecule has 1 saturated heterocycles. The molecule has 4 rings (SSSR count). The van der Waals surface area contributed by atoms with Crippen LogP contribution in [0, 0.1) is 6.92 Å². The Morgan fingerprint density at radius 1 is 1.10 bits per heavy atom. The zero-order chi connectivity index (χ0) is 20.4. The minimum atomic E-state index is -0.308. The van der Waals surface area contributed by atoms with Gasteiger partial charge < -0.3 is 10.1 Å². The van der Waals surface area contributed by atoms with Crippen LogP contribution in [0.25, 0.3) is 0 Å². The van der Waals surface area contributed by atoms with Crippen molar-refractivity contribution in [2.45, 2.75) is 64.6 Å². The number of nitrogens with zero attached hydrogens (tertiary/aromatic N) is 1. The molecule has 4 nitrogen and oxygen atoms in total. The highest BCUT2D eigenvalue weighted by Crippen LogP contribution is 2.40. The number of aryl methyl sites for hydroxylation is 1. The number of hydrogen-bond donors (Lipinski definition) is 1. The number of fused-ring (bicyclic) bond motifs is 1. The second-order valence-corrected chi connectivity index (χ2v) is 9.17. The van der Waals surface area contributed by atoms with Gasteiger partial charge in [0, 0.05) is 24.1 Å². The van der Waals surface area contributed by atoms with E-state index in [1.807, 2.05) is 12.1 Å². The second-order valence-electron chi connectivity index (χ2n) is 9.17. The molecule has 29 heavy (non-hydrogen) atoms. The predicted molar refractivity (Wildman–Crippen MR) is 116 cm³/mol. The van der Waals surface area contributed by atoms with Crippen molar-refractivity contribution in [1.29, 1.82) is 0 Å². The molecular weight excluding hydrogens is 360 g/mol. The molecule has 1 amide bonds. The summed E-state index contributed by atoms with van der Waals surface area (Å²) < 4.78 is 6.15. The van der Waals surface area contributed by atoms with Crippen LogP contribution in [-0.4, -0.2) is 29.5 Å². The van der Waals surface area contributed by atoms with E-state index in [9.17, 15) is 4.79 Å². The molecule has 0 aromatic heterocycles. The standard InChI is InChI=1S/C25H32N2O2/c1-18-7-12-21-22(16-25(2,3)29-23(21)15-18)26-24(28)20-10-8-19(9-11-20)17-27-13-5-4-6-14-27/h7-12,15,22H,4-6,13-14,16-17H2,1-3H3,(H,26,28)/t22-/m0/s1. The van der Waals surface area contributed by atoms with Crippen molar-refractivity contribution in [3.05, 3.63) is 64.7 Å². The number of carbonyl (C=O) groups excluding carboxylic acids is 1. The summed E-state index contributed by atoms with van der Waals surface area (Å²) in [6.45, 7) is 9.55. The average Bonchev–Trinajstić information content (AvgIpc) is 2.68. The zero-order valence-corrected chi connectivity index (χ0v) is 17.8. The van der Waals surface area contributed by atoms with Gasteiger partial charge in [0.15, 0.2) is 0 Å². The molecule has 1 fully saturated rings. The average molecular weight is 393 g/mol. The first-order valence-electron chi connectivity index (χ1n) is 10.8. The van der Waals surface area contributed by atoms with E-state index in [2.05, 4.69) is 61.3 Å². The fraction of sp³-hybridized carbons (Fsp3) is 0.480. The number of likely N-dealkylation sites (tertiary alicyclic amines) is 1. The van der Waals surface area contributed by atoms with Crippen LogP contribution in [0.2, 0.25) is 0 Å². The van der Waals surface area contributed by atoms with Gasteiger partial charge in [0.2, 0.25) is 0 Å². The maximum Gasteiger partial charge on any atom is 0.251 e. The normalized spacial score (nSPS) is 21.1. The molecule has 0 radical (unpaired) electrons.